The van der Waals surface area contributed by atoms with Gasteiger partial charge in [0.05, 0.1) is 18.1 Å². The van der Waals surface area contributed by atoms with Crippen molar-refractivity contribution in [1.29, 1.82) is 0 Å². The van der Waals surface area contributed by atoms with Crippen LogP contribution in [0.1, 0.15) is 113 Å². The number of carbonyl (C=O) groups is 3. The van der Waals surface area contributed by atoms with E-state index in [2.05, 4.69) is 26.1 Å². The van der Waals surface area contributed by atoms with Crippen LogP contribution in [0.5, 0.6) is 0 Å². The Morgan fingerprint density at radius 2 is 1.66 bits per heavy atom. The monoisotopic (exact) mass is 539 g/mol. The maximum atomic E-state index is 13.4. The van der Waals surface area contributed by atoms with Gasteiger partial charge in [-0.15, -0.1) is 0 Å². The molecule has 9 nitrogen and oxygen atoms in total. The third-order valence-electron chi connectivity index (χ3n) is 8.46. The SMILES string of the molecule is CCCCCC(C(C)C)N(C(N)=O)C1(C(CNC(=O)C2OC(C)(C)OCC2(C)C)C(=O)O)CCCCCC1. The molecule has 0 aromatic heterocycles. The van der Waals surface area contributed by atoms with Crippen molar-refractivity contribution in [1.82, 2.24) is 10.2 Å². The van der Waals surface area contributed by atoms with Crippen LogP contribution in [0.15, 0.2) is 0 Å². The smallest absolute Gasteiger partial charge is 0.315 e. The van der Waals surface area contributed by atoms with E-state index in [9.17, 15) is 19.5 Å². The van der Waals surface area contributed by atoms with E-state index in [0.29, 0.717) is 19.4 Å². The second kappa shape index (κ2) is 13.5. The second-order valence-corrected chi connectivity index (χ2v) is 12.8. The zero-order chi connectivity index (χ0) is 28.7. The van der Waals surface area contributed by atoms with Gasteiger partial charge in [-0.1, -0.05) is 79.6 Å². The number of nitrogens with one attached hydrogen (secondary N) is 1. The standard InChI is InChI=1S/C29H53N3O6/c1-8-9-12-15-22(20(2)3)32(26(30)36)29(16-13-10-11-14-17-29)21(25(34)35)18-31-24(33)23-27(4,5)19-37-28(6,7)38-23/h20-23H,8-19H2,1-7H3,(H2,30,36)(H,31,33)(H,34,35). The molecule has 38 heavy (non-hydrogen) atoms. The maximum absolute atomic E-state index is 13.4. The molecule has 3 unspecified atom stereocenters. The van der Waals surface area contributed by atoms with Gasteiger partial charge in [0.2, 0.25) is 5.91 Å². The highest BCUT2D eigenvalue weighted by atomic mass is 16.7. The third-order valence-corrected chi connectivity index (χ3v) is 8.46. The molecule has 0 radical (unpaired) electrons. The molecular weight excluding hydrogens is 486 g/mol. The summed E-state index contributed by atoms with van der Waals surface area (Å²) in [5.74, 6) is -3.20. The highest BCUT2D eigenvalue weighted by Crippen LogP contribution is 2.42. The largest absolute Gasteiger partial charge is 0.481 e. The number of aliphatic carboxylic acids is 1. The Balaban J connectivity index is 2.44. The fourth-order valence-corrected chi connectivity index (χ4v) is 6.30. The van der Waals surface area contributed by atoms with Gasteiger partial charge < -0.3 is 30.5 Å². The second-order valence-electron chi connectivity index (χ2n) is 12.8. The van der Waals surface area contributed by atoms with Gasteiger partial charge >= 0.3 is 12.0 Å². The number of unbranched alkanes of at least 4 members (excludes halogenated alkanes) is 2. The predicted octanol–water partition coefficient (Wildman–Crippen LogP) is 5.06. The molecule has 2 rings (SSSR count). The van der Waals surface area contributed by atoms with Crippen molar-refractivity contribution in [3.8, 4) is 0 Å². The Kier molecular flexibility index (Phi) is 11.5. The minimum atomic E-state index is -1.03. The number of rotatable bonds is 12. The summed E-state index contributed by atoms with van der Waals surface area (Å²) in [6.45, 7) is 13.8. The van der Waals surface area contributed by atoms with Crippen molar-refractivity contribution in [3.05, 3.63) is 0 Å². The van der Waals surface area contributed by atoms with Crippen LogP contribution in [0, 0.1) is 17.3 Å². The molecule has 1 heterocycles. The van der Waals surface area contributed by atoms with Gasteiger partial charge in [0.1, 0.15) is 6.10 Å². The van der Waals surface area contributed by atoms with Crippen molar-refractivity contribution in [2.45, 2.75) is 136 Å². The minimum Gasteiger partial charge on any atom is -0.481 e. The summed E-state index contributed by atoms with van der Waals surface area (Å²) in [5.41, 5.74) is 4.53. The van der Waals surface area contributed by atoms with E-state index in [1.54, 1.807) is 18.7 Å². The van der Waals surface area contributed by atoms with E-state index in [1.165, 1.54) is 0 Å². The lowest BCUT2D eigenvalue weighted by atomic mass is 9.74. The number of nitrogens with zero attached hydrogens (tertiary/aromatic N) is 1. The van der Waals surface area contributed by atoms with E-state index in [-0.39, 0.29) is 24.4 Å². The van der Waals surface area contributed by atoms with Gasteiger partial charge in [-0.05, 0) is 39.0 Å². The molecule has 4 N–H and O–H groups in total. The quantitative estimate of drug-likeness (QED) is 0.235. The fourth-order valence-electron chi connectivity index (χ4n) is 6.30. The minimum absolute atomic E-state index is 0.102. The summed E-state index contributed by atoms with van der Waals surface area (Å²) in [6, 6.07) is -0.747. The summed E-state index contributed by atoms with van der Waals surface area (Å²) >= 11 is 0. The lowest BCUT2D eigenvalue weighted by Gasteiger charge is -2.51. The maximum Gasteiger partial charge on any atom is 0.315 e. The molecule has 3 amide bonds. The number of carbonyl (C=O) groups excluding carboxylic acids is 2. The summed E-state index contributed by atoms with van der Waals surface area (Å²) in [5, 5.41) is 13.5. The molecule has 0 bridgehead atoms. The number of carboxylic acids is 1. The molecule has 9 heteroatoms. The summed E-state index contributed by atoms with van der Waals surface area (Å²) in [7, 11) is 0. The first kappa shape index (κ1) is 32.3. The Labute approximate surface area is 229 Å². The van der Waals surface area contributed by atoms with E-state index < -0.39 is 40.8 Å². The summed E-state index contributed by atoms with van der Waals surface area (Å²) in [4.78, 5) is 41.3. The average molecular weight is 540 g/mol. The van der Waals surface area contributed by atoms with Crippen LogP contribution in [0.2, 0.25) is 0 Å². The van der Waals surface area contributed by atoms with Crippen LogP contribution in [0.3, 0.4) is 0 Å². The number of hydrogen-bond acceptors (Lipinski definition) is 5. The van der Waals surface area contributed by atoms with Crippen molar-refractivity contribution in [2.24, 2.45) is 23.0 Å². The molecular formula is C29H53N3O6. The zero-order valence-corrected chi connectivity index (χ0v) is 24.8. The van der Waals surface area contributed by atoms with Gasteiger partial charge in [0, 0.05) is 18.0 Å². The molecule has 1 saturated heterocycles. The number of primary amides is 1. The molecule has 0 spiro atoms. The Morgan fingerprint density at radius 3 is 2.16 bits per heavy atom. The normalized spacial score (nSPS) is 24.2. The number of hydrogen-bond donors (Lipinski definition) is 3. The molecule has 0 aromatic carbocycles. The van der Waals surface area contributed by atoms with E-state index >= 15 is 0 Å². The van der Waals surface area contributed by atoms with Gasteiger partial charge in [0.15, 0.2) is 5.79 Å². The first-order valence-corrected chi connectivity index (χ1v) is 14.6. The van der Waals surface area contributed by atoms with E-state index in [1.807, 2.05) is 13.8 Å². The molecule has 1 saturated carbocycles. The molecule has 220 valence electrons. The molecule has 2 fully saturated rings. The van der Waals surface area contributed by atoms with Crippen LogP contribution in [-0.4, -0.2) is 64.5 Å². The Morgan fingerprint density at radius 1 is 1.05 bits per heavy atom. The lowest BCUT2D eigenvalue weighted by molar-refractivity contribution is -0.304. The molecule has 0 aromatic rings. The molecule has 1 aliphatic carbocycles. The predicted molar refractivity (Wildman–Crippen MR) is 147 cm³/mol. The number of amides is 3. The Bertz CT molecular complexity index is 804. The van der Waals surface area contributed by atoms with Crippen LogP contribution < -0.4 is 11.1 Å². The highest BCUT2D eigenvalue weighted by Gasteiger charge is 2.52. The lowest BCUT2D eigenvalue weighted by Crippen LogP contribution is -2.66. The van der Waals surface area contributed by atoms with Gasteiger partial charge in [0.25, 0.3) is 0 Å². The number of ether oxygens (including phenoxy) is 2. The number of carboxylic acid groups (broad SMARTS) is 1. The van der Waals surface area contributed by atoms with Crippen LogP contribution in [-0.2, 0) is 19.1 Å². The first-order chi connectivity index (χ1) is 17.7. The van der Waals surface area contributed by atoms with Gasteiger partial charge in [-0.3, -0.25) is 9.59 Å². The molecule has 3 atom stereocenters. The van der Waals surface area contributed by atoms with E-state index in [4.69, 9.17) is 15.2 Å². The zero-order valence-electron chi connectivity index (χ0n) is 24.8. The molecule has 1 aliphatic heterocycles. The fraction of sp³-hybridized carbons (Fsp3) is 0.897. The Hall–Kier alpha value is -1.87. The van der Waals surface area contributed by atoms with Gasteiger partial charge in [-0.2, -0.15) is 0 Å². The van der Waals surface area contributed by atoms with Crippen molar-refractivity contribution in [3.63, 3.8) is 0 Å². The van der Waals surface area contributed by atoms with Crippen LogP contribution in [0.4, 0.5) is 4.79 Å². The van der Waals surface area contributed by atoms with Crippen molar-refractivity contribution in [2.75, 3.05) is 13.2 Å². The van der Waals surface area contributed by atoms with Crippen LogP contribution >= 0.6 is 0 Å². The summed E-state index contributed by atoms with van der Waals surface area (Å²) < 4.78 is 11.7. The van der Waals surface area contributed by atoms with Crippen molar-refractivity contribution >= 4 is 17.9 Å². The summed E-state index contributed by atoms with van der Waals surface area (Å²) in [6.07, 6.45) is 7.69. The highest BCUT2D eigenvalue weighted by molar-refractivity contribution is 5.83. The third kappa shape index (κ3) is 7.84. The van der Waals surface area contributed by atoms with Gasteiger partial charge in [-0.25, -0.2) is 4.79 Å². The van der Waals surface area contributed by atoms with E-state index in [0.717, 1.165) is 51.4 Å². The van der Waals surface area contributed by atoms with Crippen molar-refractivity contribution < 1.29 is 29.0 Å². The first-order valence-electron chi connectivity index (χ1n) is 14.6. The number of nitrogens with two attached hydrogens (primary N) is 1. The van der Waals surface area contributed by atoms with Crippen LogP contribution in [0.25, 0.3) is 0 Å². The number of urea groups is 1. The average Bonchev–Trinajstić information content (AvgIpc) is 3.06. The molecule has 2 aliphatic rings. The topological polar surface area (TPSA) is 131 Å².